The fraction of sp³-hybridized carbons (Fsp3) is 0.294. The van der Waals surface area contributed by atoms with Crippen molar-refractivity contribution in [2.24, 2.45) is 0 Å². The Morgan fingerprint density at radius 1 is 1.25 bits per heavy atom. The predicted molar refractivity (Wildman–Crippen MR) is 91.7 cm³/mol. The van der Waals surface area contributed by atoms with Gasteiger partial charge >= 0.3 is 12.1 Å². The number of aryl methyl sites for hydroxylation is 1. The molecule has 0 spiro atoms. The molecule has 0 saturated carbocycles. The highest BCUT2D eigenvalue weighted by molar-refractivity contribution is 5.76. The Kier molecular flexibility index (Phi) is 5.08. The van der Waals surface area contributed by atoms with Crippen LogP contribution in [0.1, 0.15) is 24.2 Å². The first-order chi connectivity index (χ1) is 13.1. The molecule has 1 atom stereocenters. The van der Waals surface area contributed by atoms with Gasteiger partial charge in [-0.25, -0.2) is 18.9 Å². The number of benzene rings is 1. The average molecular weight is 395 g/mol. The van der Waals surface area contributed by atoms with E-state index in [1.807, 2.05) is 0 Å². The third-order valence-corrected chi connectivity index (χ3v) is 3.88. The quantitative estimate of drug-likeness (QED) is 0.714. The fourth-order valence-corrected chi connectivity index (χ4v) is 2.56. The summed E-state index contributed by atoms with van der Waals surface area (Å²) in [6, 6.07) is 6.29. The topological polar surface area (TPSA) is 90.5 Å². The van der Waals surface area contributed by atoms with Gasteiger partial charge in [-0.05, 0) is 37.6 Å². The van der Waals surface area contributed by atoms with E-state index in [2.05, 4.69) is 20.1 Å². The van der Waals surface area contributed by atoms with Crippen molar-refractivity contribution in [3.05, 3.63) is 58.3 Å². The lowest BCUT2D eigenvalue weighted by molar-refractivity contribution is -0.274. The average Bonchev–Trinajstić information content (AvgIpc) is 2.89. The van der Waals surface area contributed by atoms with E-state index in [4.69, 9.17) is 0 Å². The van der Waals surface area contributed by atoms with E-state index in [0.717, 1.165) is 16.8 Å². The summed E-state index contributed by atoms with van der Waals surface area (Å²) in [5.74, 6) is -0.648. The van der Waals surface area contributed by atoms with Crippen molar-refractivity contribution in [3.63, 3.8) is 0 Å². The number of rotatable bonds is 5. The molecule has 0 radical (unpaired) electrons. The Balaban J connectivity index is 1.66. The summed E-state index contributed by atoms with van der Waals surface area (Å²) >= 11 is 0. The summed E-state index contributed by atoms with van der Waals surface area (Å²) in [7, 11) is 0. The SMILES string of the molecule is Cc1ccn2c(=O)n(CC(=O)N[C@@H](C)c3ccc(OC(F)(F)F)cc3)nc2n1. The Bertz CT molecular complexity index is 1060. The third kappa shape index (κ3) is 4.48. The number of ether oxygens (including phenoxy) is 1. The molecular formula is C17H16F3N5O3. The van der Waals surface area contributed by atoms with Crippen molar-refractivity contribution in [1.82, 2.24) is 24.5 Å². The lowest BCUT2D eigenvalue weighted by Crippen LogP contribution is -2.34. The number of alkyl halides is 3. The smallest absolute Gasteiger partial charge is 0.406 e. The van der Waals surface area contributed by atoms with Crippen molar-refractivity contribution < 1.29 is 22.7 Å². The molecule has 0 fully saturated rings. The maximum Gasteiger partial charge on any atom is 0.573 e. The van der Waals surface area contributed by atoms with E-state index in [0.29, 0.717) is 11.3 Å². The highest BCUT2D eigenvalue weighted by atomic mass is 19.4. The summed E-state index contributed by atoms with van der Waals surface area (Å²) in [4.78, 5) is 28.6. The van der Waals surface area contributed by atoms with Crippen molar-refractivity contribution in [2.45, 2.75) is 32.8 Å². The largest absolute Gasteiger partial charge is 0.573 e. The summed E-state index contributed by atoms with van der Waals surface area (Å²) in [6.45, 7) is 3.10. The van der Waals surface area contributed by atoms with Crippen LogP contribution in [0.3, 0.4) is 0 Å². The summed E-state index contributed by atoms with van der Waals surface area (Å²) < 4.78 is 42.6. The van der Waals surface area contributed by atoms with Crippen molar-refractivity contribution >= 4 is 11.7 Å². The van der Waals surface area contributed by atoms with E-state index in [1.165, 1.54) is 22.7 Å². The van der Waals surface area contributed by atoms with Gasteiger partial charge in [-0.3, -0.25) is 4.79 Å². The number of hydrogen-bond donors (Lipinski definition) is 1. The molecule has 0 aliphatic carbocycles. The molecule has 3 rings (SSSR count). The van der Waals surface area contributed by atoms with Gasteiger partial charge in [0.15, 0.2) is 0 Å². The number of hydrogen-bond acceptors (Lipinski definition) is 5. The van der Waals surface area contributed by atoms with Crippen LogP contribution in [0, 0.1) is 6.92 Å². The Labute approximate surface area is 156 Å². The maximum absolute atomic E-state index is 12.2. The summed E-state index contributed by atoms with van der Waals surface area (Å²) in [5, 5.41) is 6.67. The minimum atomic E-state index is -4.77. The Hall–Kier alpha value is -3.37. The molecule has 2 heterocycles. The number of fused-ring (bicyclic) bond motifs is 1. The summed E-state index contributed by atoms with van der Waals surface area (Å²) in [6.07, 6.45) is -3.25. The van der Waals surface area contributed by atoms with E-state index in [9.17, 15) is 22.8 Å². The third-order valence-electron chi connectivity index (χ3n) is 3.88. The fourth-order valence-electron chi connectivity index (χ4n) is 2.56. The van der Waals surface area contributed by atoms with Crippen molar-refractivity contribution in [2.75, 3.05) is 0 Å². The van der Waals surface area contributed by atoms with Gasteiger partial charge in [0.1, 0.15) is 12.3 Å². The zero-order chi connectivity index (χ0) is 20.5. The minimum Gasteiger partial charge on any atom is -0.406 e. The van der Waals surface area contributed by atoms with Gasteiger partial charge in [-0.15, -0.1) is 18.3 Å². The normalized spacial score (nSPS) is 12.8. The Morgan fingerprint density at radius 2 is 1.93 bits per heavy atom. The predicted octanol–water partition coefficient (Wildman–Crippen LogP) is 1.98. The van der Waals surface area contributed by atoms with Crippen LogP contribution < -0.4 is 15.7 Å². The van der Waals surface area contributed by atoms with E-state index in [-0.39, 0.29) is 18.1 Å². The zero-order valence-corrected chi connectivity index (χ0v) is 14.9. The number of carbonyl (C=O) groups excluding carboxylic acids is 1. The number of nitrogens with one attached hydrogen (secondary N) is 1. The molecular weight excluding hydrogens is 379 g/mol. The lowest BCUT2D eigenvalue weighted by Gasteiger charge is -2.15. The number of halogens is 3. The molecule has 28 heavy (non-hydrogen) atoms. The van der Waals surface area contributed by atoms with Crippen LogP contribution >= 0.6 is 0 Å². The molecule has 0 bridgehead atoms. The van der Waals surface area contributed by atoms with Crippen LogP contribution in [0.15, 0.2) is 41.3 Å². The van der Waals surface area contributed by atoms with Crippen LogP contribution in [-0.4, -0.2) is 31.4 Å². The molecule has 0 aliphatic rings. The van der Waals surface area contributed by atoms with Crippen molar-refractivity contribution in [1.29, 1.82) is 0 Å². The molecule has 8 nitrogen and oxygen atoms in total. The first kappa shape index (κ1) is 19.4. The second kappa shape index (κ2) is 7.33. The van der Waals surface area contributed by atoms with Gasteiger partial charge in [0.25, 0.3) is 5.78 Å². The van der Waals surface area contributed by atoms with Gasteiger partial charge in [-0.2, -0.15) is 0 Å². The monoisotopic (exact) mass is 395 g/mol. The zero-order valence-electron chi connectivity index (χ0n) is 14.9. The van der Waals surface area contributed by atoms with Gasteiger partial charge in [-0.1, -0.05) is 12.1 Å². The number of aromatic nitrogens is 4. The first-order valence-corrected chi connectivity index (χ1v) is 8.20. The molecule has 1 N–H and O–H groups in total. The second-order valence-corrected chi connectivity index (χ2v) is 6.09. The molecule has 1 amide bonds. The van der Waals surface area contributed by atoms with Gasteiger partial charge in [0, 0.05) is 11.9 Å². The maximum atomic E-state index is 12.2. The van der Waals surface area contributed by atoms with Crippen molar-refractivity contribution in [3.8, 4) is 5.75 Å². The van der Waals surface area contributed by atoms with Crippen LogP contribution in [0.2, 0.25) is 0 Å². The van der Waals surface area contributed by atoms with Crippen LogP contribution in [0.25, 0.3) is 5.78 Å². The second-order valence-electron chi connectivity index (χ2n) is 6.09. The van der Waals surface area contributed by atoms with Crippen LogP contribution in [0.4, 0.5) is 13.2 Å². The van der Waals surface area contributed by atoms with Gasteiger partial charge in [0.05, 0.1) is 6.04 Å². The molecule has 0 aliphatic heterocycles. The number of amides is 1. The van der Waals surface area contributed by atoms with Crippen LogP contribution in [0.5, 0.6) is 5.75 Å². The summed E-state index contributed by atoms with van der Waals surface area (Å²) in [5.41, 5.74) is 0.752. The minimum absolute atomic E-state index is 0.186. The first-order valence-electron chi connectivity index (χ1n) is 8.20. The van der Waals surface area contributed by atoms with E-state index >= 15 is 0 Å². The highest BCUT2D eigenvalue weighted by Gasteiger charge is 2.31. The molecule has 3 aromatic rings. The Morgan fingerprint density at radius 3 is 2.57 bits per heavy atom. The molecule has 148 valence electrons. The van der Waals surface area contributed by atoms with Gasteiger partial charge < -0.3 is 10.1 Å². The number of nitrogens with zero attached hydrogens (tertiary/aromatic N) is 4. The van der Waals surface area contributed by atoms with Gasteiger partial charge in [0.2, 0.25) is 5.91 Å². The van der Waals surface area contributed by atoms with Crippen LogP contribution in [-0.2, 0) is 11.3 Å². The molecule has 0 unspecified atom stereocenters. The highest BCUT2D eigenvalue weighted by Crippen LogP contribution is 2.24. The lowest BCUT2D eigenvalue weighted by atomic mass is 10.1. The number of carbonyl (C=O) groups is 1. The molecule has 1 aromatic carbocycles. The van der Waals surface area contributed by atoms with E-state index < -0.39 is 24.0 Å². The molecule has 11 heteroatoms. The molecule has 2 aromatic heterocycles. The molecule has 0 saturated heterocycles. The standard InChI is InChI=1S/C17H16F3N5O3/c1-10-7-8-24-15(21-10)23-25(16(24)27)9-14(26)22-11(2)12-3-5-13(6-4-12)28-17(18,19)20/h3-8,11H,9H2,1-2H3,(H,22,26)/t11-/m0/s1. The van der Waals surface area contributed by atoms with E-state index in [1.54, 1.807) is 19.9 Å².